The molecule has 0 saturated carbocycles. The fourth-order valence-corrected chi connectivity index (χ4v) is 2.63. The number of hydrogen-bond acceptors (Lipinski definition) is 7. The normalized spacial score (nSPS) is 15.9. The van der Waals surface area contributed by atoms with Crippen molar-refractivity contribution < 1.29 is 23.7 Å². The maximum atomic E-state index is 12.1. The van der Waals surface area contributed by atoms with Crippen LogP contribution < -0.4 is 14.2 Å². The lowest BCUT2D eigenvalue weighted by Crippen LogP contribution is -2.25. The Labute approximate surface area is 150 Å². The predicted octanol–water partition coefficient (Wildman–Crippen LogP) is 2.35. The third-order valence-electron chi connectivity index (χ3n) is 3.85. The van der Waals surface area contributed by atoms with Crippen LogP contribution >= 0.6 is 0 Å². The van der Waals surface area contributed by atoms with Gasteiger partial charge in [-0.2, -0.15) is 5.01 Å². The number of benzene rings is 1. The minimum Gasteiger partial charge on any atom is -0.493 e. The van der Waals surface area contributed by atoms with Crippen molar-refractivity contribution in [2.24, 2.45) is 5.10 Å². The third-order valence-corrected chi connectivity index (χ3v) is 3.85. The summed E-state index contributed by atoms with van der Waals surface area (Å²) >= 11 is 0. The van der Waals surface area contributed by atoms with E-state index in [9.17, 15) is 4.79 Å². The Bertz CT molecular complexity index is 813. The Kier molecular flexibility index (Phi) is 4.92. The number of nitrogens with zero attached hydrogens (tertiary/aromatic N) is 3. The lowest BCUT2D eigenvalue weighted by molar-refractivity contribution is -0.135. The number of methoxy groups -OCH3 is 3. The third kappa shape index (κ3) is 3.13. The van der Waals surface area contributed by atoms with E-state index in [1.54, 1.807) is 30.6 Å². The van der Waals surface area contributed by atoms with Crippen LogP contribution in [0.1, 0.15) is 24.3 Å². The van der Waals surface area contributed by atoms with Gasteiger partial charge in [-0.05, 0) is 24.3 Å². The van der Waals surface area contributed by atoms with Gasteiger partial charge in [-0.25, -0.2) is 0 Å². The van der Waals surface area contributed by atoms with Crippen molar-refractivity contribution in [1.82, 2.24) is 9.99 Å². The van der Waals surface area contributed by atoms with E-state index >= 15 is 0 Å². The van der Waals surface area contributed by atoms with Crippen LogP contribution in [0.25, 0.3) is 0 Å². The number of amides is 1. The van der Waals surface area contributed by atoms with Gasteiger partial charge in [0, 0.05) is 24.9 Å². The minimum atomic E-state index is -0.753. The van der Waals surface area contributed by atoms with Gasteiger partial charge in [-0.3, -0.25) is 9.78 Å². The van der Waals surface area contributed by atoms with Crippen LogP contribution in [0.2, 0.25) is 0 Å². The molecular weight excluding hydrogens is 338 g/mol. The second-order valence-electron chi connectivity index (χ2n) is 5.44. The van der Waals surface area contributed by atoms with Crippen molar-refractivity contribution in [1.29, 1.82) is 0 Å². The summed E-state index contributed by atoms with van der Waals surface area (Å²) in [6, 6.07) is 7.03. The van der Waals surface area contributed by atoms with E-state index in [1.807, 2.05) is 6.07 Å². The number of aromatic nitrogens is 1. The molecule has 0 spiro atoms. The lowest BCUT2D eigenvalue weighted by Gasteiger charge is -2.21. The quantitative estimate of drug-likeness (QED) is 0.817. The van der Waals surface area contributed by atoms with Crippen molar-refractivity contribution in [3.8, 4) is 17.2 Å². The van der Waals surface area contributed by atoms with E-state index in [-0.39, 0.29) is 5.91 Å². The molecule has 1 aromatic heterocycles. The summed E-state index contributed by atoms with van der Waals surface area (Å²) in [5.41, 5.74) is 1.31. The molecule has 1 aromatic carbocycles. The van der Waals surface area contributed by atoms with Crippen LogP contribution in [-0.2, 0) is 9.53 Å². The maximum absolute atomic E-state index is 12.1. The topological polar surface area (TPSA) is 82.5 Å². The van der Waals surface area contributed by atoms with Crippen molar-refractivity contribution in [3.63, 3.8) is 0 Å². The molecule has 8 heteroatoms. The van der Waals surface area contributed by atoms with Gasteiger partial charge < -0.3 is 18.9 Å². The molecule has 3 rings (SSSR count). The van der Waals surface area contributed by atoms with Crippen LogP contribution in [0.15, 0.2) is 41.8 Å². The number of hydrazone groups is 1. The monoisotopic (exact) mass is 357 g/mol. The molecule has 0 aliphatic carbocycles. The summed E-state index contributed by atoms with van der Waals surface area (Å²) in [4.78, 5) is 16.1. The zero-order valence-corrected chi connectivity index (χ0v) is 14.9. The van der Waals surface area contributed by atoms with Gasteiger partial charge in [0.15, 0.2) is 11.5 Å². The highest BCUT2D eigenvalue weighted by molar-refractivity contribution is 5.96. The van der Waals surface area contributed by atoms with Gasteiger partial charge in [0.2, 0.25) is 23.8 Å². The Balaban J connectivity index is 2.02. The Morgan fingerprint density at radius 3 is 2.35 bits per heavy atom. The van der Waals surface area contributed by atoms with E-state index in [0.717, 1.165) is 0 Å². The second-order valence-corrected chi connectivity index (χ2v) is 5.44. The van der Waals surface area contributed by atoms with E-state index in [0.29, 0.717) is 34.3 Å². The van der Waals surface area contributed by atoms with Crippen molar-refractivity contribution in [3.05, 3.63) is 47.8 Å². The molecule has 8 nitrogen and oxygen atoms in total. The Hall–Kier alpha value is -3.29. The summed E-state index contributed by atoms with van der Waals surface area (Å²) in [6.07, 6.45) is 2.52. The molecule has 0 N–H and O–H groups in total. The van der Waals surface area contributed by atoms with E-state index in [2.05, 4.69) is 10.1 Å². The average molecular weight is 357 g/mol. The molecule has 136 valence electrons. The molecule has 0 bridgehead atoms. The molecular formula is C18H19N3O5. The van der Waals surface area contributed by atoms with Crippen LogP contribution in [0, 0.1) is 0 Å². The molecule has 26 heavy (non-hydrogen) atoms. The predicted molar refractivity (Wildman–Crippen MR) is 93.2 cm³/mol. The number of carbonyl (C=O) groups excluding carboxylic acids is 1. The Morgan fingerprint density at radius 2 is 1.85 bits per heavy atom. The molecule has 0 fully saturated rings. The highest BCUT2D eigenvalue weighted by Crippen LogP contribution is 2.42. The zero-order chi connectivity index (χ0) is 18.7. The first-order chi connectivity index (χ1) is 12.6. The summed E-state index contributed by atoms with van der Waals surface area (Å²) < 4.78 is 22.0. The van der Waals surface area contributed by atoms with Crippen LogP contribution in [0.3, 0.4) is 0 Å². The molecule has 2 heterocycles. The smallest absolute Gasteiger partial charge is 0.243 e. The van der Waals surface area contributed by atoms with Gasteiger partial charge in [0.25, 0.3) is 0 Å². The average Bonchev–Trinajstić information content (AvgIpc) is 3.13. The number of pyridine rings is 1. The fourth-order valence-electron chi connectivity index (χ4n) is 2.63. The zero-order valence-electron chi connectivity index (χ0n) is 14.9. The number of ether oxygens (including phenoxy) is 4. The van der Waals surface area contributed by atoms with E-state index in [4.69, 9.17) is 18.9 Å². The van der Waals surface area contributed by atoms with Crippen LogP contribution in [0.5, 0.6) is 17.2 Å². The largest absolute Gasteiger partial charge is 0.493 e. The van der Waals surface area contributed by atoms with Crippen molar-refractivity contribution in [2.45, 2.75) is 13.2 Å². The first kappa shape index (κ1) is 17.5. The summed E-state index contributed by atoms with van der Waals surface area (Å²) in [7, 11) is 4.57. The van der Waals surface area contributed by atoms with Crippen LogP contribution in [-0.4, -0.2) is 43.1 Å². The Morgan fingerprint density at radius 1 is 1.15 bits per heavy atom. The molecule has 1 amide bonds. The van der Waals surface area contributed by atoms with E-state index in [1.165, 1.54) is 33.3 Å². The SMILES string of the molecule is COc1cc([C@H]2OC(c3cccnc3)=NN2C(C)=O)cc(OC)c1OC. The standard InChI is InChI=1S/C18H19N3O5/c1-11(22)21-18(26-17(20-21)12-6-5-7-19-10-12)13-8-14(23-2)16(25-4)15(9-13)24-3/h5-10,18H,1-4H3/t18-/m1/s1. The number of carbonyl (C=O) groups is 1. The maximum Gasteiger partial charge on any atom is 0.243 e. The molecule has 2 aromatic rings. The van der Waals surface area contributed by atoms with Crippen molar-refractivity contribution >= 4 is 11.8 Å². The molecule has 1 atom stereocenters. The second kappa shape index (κ2) is 7.30. The summed E-state index contributed by atoms with van der Waals surface area (Å²) in [6.45, 7) is 1.42. The van der Waals surface area contributed by atoms with Gasteiger partial charge in [-0.15, -0.1) is 5.10 Å². The fraction of sp³-hybridized carbons (Fsp3) is 0.278. The van der Waals surface area contributed by atoms with Crippen LogP contribution in [0.4, 0.5) is 0 Å². The highest BCUT2D eigenvalue weighted by Gasteiger charge is 2.34. The van der Waals surface area contributed by atoms with E-state index < -0.39 is 6.23 Å². The lowest BCUT2D eigenvalue weighted by atomic mass is 10.1. The van der Waals surface area contributed by atoms with Gasteiger partial charge >= 0.3 is 0 Å². The highest BCUT2D eigenvalue weighted by atomic mass is 16.5. The number of rotatable bonds is 5. The first-order valence-corrected chi connectivity index (χ1v) is 7.84. The molecule has 1 aliphatic heterocycles. The molecule has 1 aliphatic rings. The first-order valence-electron chi connectivity index (χ1n) is 7.84. The summed E-state index contributed by atoms with van der Waals surface area (Å²) in [5.74, 6) is 1.43. The summed E-state index contributed by atoms with van der Waals surface area (Å²) in [5, 5.41) is 5.56. The van der Waals surface area contributed by atoms with Gasteiger partial charge in [0.05, 0.1) is 26.9 Å². The van der Waals surface area contributed by atoms with Gasteiger partial charge in [-0.1, -0.05) is 0 Å². The molecule has 0 saturated heterocycles. The number of hydrogen-bond donors (Lipinski definition) is 0. The minimum absolute atomic E-state index is 0.261. The van der Waals surface area contributed by atoms with Gasteiger partial charge in [0.1, 0.15) is 0 Å². The molecule has 0 radical (unpaired) electrons. The molecule has 0 unspecified atom stereocenters. The van der Waals surface area contributed by atoms with Crippen molar-refractivity contribution in [2.75, 3.05) is 21.3 Å².